The maximum absolute atomic E-state index is 12.0. The fourth-order valence-electron chi connectivity index (χ4n) is 1.91. The van der Waals surface area contributed by atoms with Crippen molar-refractivity contribution < 1.29 is 9.53 Å². The second kappa shape index (κ2) is 6.39. The van der Waals surface area contributed by atoms with E-state index < -0.39 is 5.97 Å². The van der Waals surface area contributed by atoms with Crippen LogP contribution in [0.1, 0.15) is 35.6 Å². The zero-order chi connectivity index (χ0) is 15.4. The molecule has 6 nitrogen and oxygen atoms in total. The van der Waals surface area contributed by atoms with Gasteiger partial charge in [-0.15, -0.1) is 0 Å². The number of nitrogens with zero attached hydrogens (tertiary/aromatic N) is 3. The average Bonchev–Trinajstić information content (AvgIpc) is 2.85. The molecule has 0 saturated carbocycles. The van der Waals surface area contributed by atoms with E-state index >= 15 is 0 Å². The smallest absolute Gasteiger partial charge is 0.338 e. The van der Waals surface area contributed by atoms with Gasteiger partial charge in [0.25, 0.3) is 0 Å². The van der Waals surface area contributed by atoms with Crippen molar-refractivity contribution in [3.63, 3.8) is 0 Å². The van der Waals surface area contributed by atoms with Crippen LogP contribution in [0.25, 0.3) is 0 Å². The number of carbonyl (C=O) groups is 1. The van der Waals surface area contributed by atoms with E-state index in [1.165, 1.54) is 6.33 Å². The number of ether oxygens (including phenoxy) is 1. The van der Waals surface area contributed by atoms with Gasteiger partial charge in [0.05, 0.1) is 5.56 Å². The van der Waals surface area contributed by atoms with Crippen LogP contribution in [0.4, 0.5) is 5.69 Å². The molecule has 0 unspecified atom stereocenters. The molecule has 2 aromatic rings. The van der Waals surface area contributed by atoms with Crippen molar-refractivity contribution in [3.8, 4) is 0 Å². The van der Waals surface area contributed by atoms with Gasteiger partial charge in [0.1, 0.15) is 6.33 Å². The third-order valence-electron chi connectivity index (χ3n) is 3.07. The minimum atomic E-state index is -0.391. The van der Waals surface area contributed by atoms with Crippen molar-refractivity contribution in [1.82, 2.24) is 14.8 Å². The number of benzene rings is 1. The van der Waals surface area contributed by atoms with E-state index in [1.54, 1.807) is 22.9 Å². The summed E-state index contributed by atoms with van der Waals surface area (Å²) >= 11 is 0. The Labute approximate surface area is 123 Å². The molecule has 112 valence electrons. The van der Waals surface area contributed by atoms with Gasteiger partial charge < -0.3 is 10.5 Å². The molecule has 2 N–H and O–H groups in total. The summed E-state index contributed by atoms with van der Waals surface area (Å²) in [7, 11) is 0. The van der Waals surface area contributed by atoms with Crippen LogP contribution >= 0.6 is 0 Å². The molecule has 21 heavy (non-hydrogen) atoms. The monoisotopic (exact) mass is 288 g/mol. The Hall–Kier alpha value is -2.37. The van der Waals surface area contributed by atoms with Gasteiger partial charge in [-0.05, 0) is 36.6 Å². The topological polar surface area (TPSA) is 83.0 Å². The summed E-state index contributed by atoms with van der Waals surface area (Å²) in [4.78, 5) is 16.1. The molecule has 0 aliphatic carbocycles. The van der Waals surface area contributed by atoms with E-state index in [9.17, 15) is 4.79 Å². The van der Waals surface area contributed by atoms with Crippen molar-refractivity contribution in [2.24, 2.45) is 5.92 Å². The lowest BCUT2D eigenvalue weighted by Crippen LogP contribution is -2.13. The van der Waals surface area contributed by atoms with E-state index in [1.807, 2.05) is 6.92 Å². The summed E-state index contributed by atoms with van der Waals surface area (Å²) in [6.45, 7) is 6.89. The van der Waals surface area contributed by atoms with Crippen LogP contribution in [0.5, 0.6) is 0 Å². The zero-order valence-electron chi connectivity index (χ0n) is 12.5. The van der Waals surface area contributed by atoms with E-state index in [0.29, 0.717) is 23.0 Å². The number of aryl methyl sites for hydroxylation is 1. The Balaban J connectivity index is 2.01. The lowest BCUT2D eigenvalue weighted by atomic mass is 10.1. The van der Waals surface area contributed by atoms with Crippen molar-refractivity contribution in [3.05, 3.63) is 41.5 Å². The molecule has 0 amide bonds. The van der Waals surface area contributed by atoms with E-state index in [2.05, 4.69) is 23.9 Å². The fourth-order valence-corrected chi connectivity index (χ4v) is 1.91. The van der Waals surface area contributed by atoms with E-state index in [0.717, 1.165) is 12.1 Å². The van der Waals surface area contributed by atoms with Crippen LogP contribution in [0.15, 0.2) is 24.5 Å². The Morgan fingerprint density at radius 3 is 2.86 bits per heavy atom. The number of nitrogen functional groups attached to an aromatic ring is 1. The van der Waals surface area contributed by atoms with Gasteiger partial charge in [-0.3, -0.25) is 0 Å². The molecule has 0 fully saturated rings. The number of hydrogen-bond acceptors (Lipinski definition) is 5. The van der Waals surface area contributed by atoms with E-state index in [-0.39, 0.29) is 6.61 Å². The third-order valence-corrected chi connectivity index (χ3v) is 3.07. The molecule has 6 heteroatoms. The molecule has 1 aromatic carbocycles. The molecule has 1 heterocycles. The van der Waals surface area contributed by atoms with Gasteiger partial charge in [-0.25, -0.2) is 14.5 Å². The van der Waals surface area contributed by atoms with Crippen LogP contribution in [0.2, 0.25) is 0 Å². The van der Waals surface area contributed by atoms with Crippen molar-refractivity contribution in [1.29, 1.82) is 0 Å². The summed E-state index contributed by atoms with van der Waals surface area (Å²) in [5.74, 6) is 0.697. The Morgan fingerprint density at radius 2 is 2.19 bits per heavy atom. The molecule has 0 aliphatic heterocycles. The second-order valence-corrected chi connectivity index (χ2v) is 5.40. The number of anilines is 1. The minimum Gasteiger partial charge on any atom is -0.454 e. The lowest BCUT2D eigenvalue weighted by molar-refractivity contribution is 0.0456. The zero-order valence-corrected chi connectivity index (χ0v) is 12.5. The molecule has 0 spiro atoms. The van der Waals surface area contributed by atoms with Crippen LogP contribution in [0, 0.1) is 12.8 Å². The first kappa shape index (κ1) is 15.0. The average molecular weight is 288 g/mol. The number of nitrogens with two attached hydrogens (primary N) is 1. The minimum absolute atomic E-state index is 0.106. The highest BCUT2D eigenvalue weighted by Crippen LogP contribution is 2.14. The number of rotatable bonds is 5. The van der Waals surface area contributed by atoms with Crippen LogP contribution in [0.3, 0.4) is 0 Å². The highest BCUT2D eigenvalue weighted by molar-refractivity contribution is 5.90. The van der Waals surface area contributed by atoms with Gasteiger partial charge >= 0.3 is 5.97 Å². The fraction of sp³-hybridized carbons (Fsp3) is 0.400. The Kier molecular flexibility index (Phi) is 4.57. The Bertz CT molecular complexity index is 634. The van der Waals surface area contributed by atoms with Crippen LogP contribution in [-0.2, 0) is 17.9 Å². The first-order valence-corrected chi connectivity index (χ1v) is 6.87. The van der Waals surface area contributed by atoms with Crippen molar-refractivity contribution in [2.45, 2.75) is 33.9 Å². The summed E-state index contributed by atoms with van der Waals surface area (Å²) in [6, 6.07) is 5.08. The number of esters is 1. The van der Waals surface area contributed by atoms with Gasteiger partial charge in [-0.1, -0.05) is 13.8 Å². The molecule has 0 atom stereocenters. The van der Waals surface area contributed by atoms with Gasteiger partial charge in [0.15, 0.2) is 12.4 Å². The molecule has 1 aromatic heterocycles. The van der Waals surface area contributed by atoms with Crippen LogP contribution < -0.4 is 5.73 Å². The summed E-state index contributed by atoms with van der Waals surface area (Å²) < 4.78 is 7.04. The largest absolute Gasteiger partial charge is 0.454 e. The summed E-state index contributed by atoms with van der Waals surface area (Å²) in [5.41, 5.74) is 7.73. The van der Waals surface area contributed by atoms with E-state index in [4.69, 9.17) is 10.5 Å². The molecular weight excluding hydrogens is 268 g/mol. The highest BCUT2D eigenvalue weighted by atomic mass is 16.5. The predicted octanol–water partition coefficient (Wildman–Crippen LogP) is 2.18. The molecule has 0 radical (unpaired) electrons. The molecule has 0 bridgehead atoms. The quantitative estimate of drug-likeness (QED) is 0.673. The molecule has 0 aliphatic rings. The number of hydrogen-bond donors (Lipinski definition) is 1. The first-order chi connectivity index (χ1) is 9.97. The Morgan fingerprint density at radius 1 is 1.43 bits per heavy atom. The van der Waals surface area contributed by atoms with Gasteiger partial charge in [-0.2, -0.15) is 5.10 Å². The molecule has 2 rings (SSSR count). The maximum Gasteiger partial charge on any atom is 0.338 e. The summed E-state index contributed by atoms with van der Waals surface area (Å²) in [5, 5.41) is 4.13. The summed E-state index contributed by atoms with van der Waals surface area (Å²) in [6.07, 6.45) is 1.47. The normalized spacial score (nSPS) is 10.9. The predicted molar refractivity (Wildman–Crippen MR) is 79.6 cm³/mol. The van der Waals surface area contributed by atoms with Gasteiger partial charge in [0, 0.05) is 12.2 Å². The standard InChI is InChI=1S/C15H20N4O2/c1-10(2)7-19-14(17-9-18-19)8-21-15(20)12-4-5-13(16)11(3)6-12/h4-6,9-10H,7-8,16H2,1-3H3. The number of carbonyl (C=O) groups excluding carboxylic acids is 1. The van der Waals surface area contributed by atoms with Crippen LogP contribution in [-0.4, -0.2) is 20.7 Å². The second-order valence-electron chi connectivity index (χ2n) is 5.40. The molecule has 0 saturated heterocycles. The van der Waals surface area contributed by atoms with Gasteiger partial charge in [0.2, 0.25) is 0 Å². The third kappa shape index (κ3) is 3.81. The molecular formula is C15H20N4O2. The number of aromatic nitrogens is 3. The first-order valence-electron chi connectivity index (χ1n) is 6.87. The maximum atomic E-state index is 12.0. The van der Waals surface area contributed by atoms with Crippen molar-refractivity contribution >= 4 is 11.7 Å². The lowest BCUT2D eigenvalue weighted by Gasteiger charge is -2.09. The SMILES string of the molecule is Cc1cc(C(=O)OCc2ncnn2CC(C)C)ccc1N. The highest BCUT2D eigenvalue weighted by Gasteiger charge is 2.12. The van der Waals surface area contributed by atoms with Crippen molar-refractivity contribution in [2.75, 3.05) is 5.73 Å².